The third-order valence-corrected chi connectivity index (χ3v) is 6.21. The molecule has 3 atom stereocenters. The van der Waals surface area contributed by atoms with Crippen LogP contribution in [0.15, 0.2) is 18.6 Å². The van der Waals surface area contributed by atoms with Crippen LogP contribution in [0.5, 0.6) is 0 Å². The minimum absolute atomic E-state index is 0.559. The summed E-state index contributed by atoms with van der Waals surface area (Å²) in [5.41, 5.74) is 0.322. The summed E-state index contributed by atoms with van der Waals surface area (Å²) in [6.07, 6.45) is 8.48. The van der Waals surface area contributed by atoms with E-state index in [9.17, 15) is 5.11 Å². The highest BCUT2D eigenvalue weighted by molar-refractivity contribution is 5.87. The molecule has 2 aromatic rings. The van der Waals surface area contributed by atoms with Gasteiger partial charge in [0.1, 0.15) is 17.8 Å². The van der Waals surface area contributed by atoms with Gasteiger partial charge in [-0.25, -0.2) is 9.97 Å². The maximum Gasteiger partial charge on any atom is 0.142 e. The predicted molar refractivity (Wildman–Crippen MR) is 109 cm³/mol. The predicted octanol–water partition coefficient (Wildman–Crippen LogP) is 3.05. The Balaban J connectivity index is 1.50. The van der Waals surface area contributed by atoms with E-state index in [2.05, 4.69) is 37.7 Å². The number of hydrogen-bond acceptors (Lipinski definition) is 5. The van der Waals surface area contributed by atoms with E-state index >= 15 is 0 Å². The van der Waals surface area contributed by atoms with Crippen molar-refractivity contribution in [1.29, 1.82) is 0 Å². The fraction of sp³-hybridized carbons (Fsp3) is 0.714. The maximum atomic E-state index is 10.1. The largest absolute Gasteiger partial charge is 0.389 e. The van der Waals surface area contributed by atoms with E-state index in [4.69, 9.17) is 0 Å². The number of unbranched alkanes of at least 4 members (excludes halogenated alkanes) is 1. The lowest BCUT2D eigenvalue weighted by Crippen LogP contribution is -2.40. The quantitative estimate of drug-likeness (QED) is 0.783. The molecule has 0 amide bonds. The Bertz CT molecular complexity index is 753. The highest BCUT2D eigenvalue weighted by atomic mass is 16.3. The van der Waals surface area contributed by atoms with E-state index in [1.54, 1.807) is 6.33 Å². The van der Waals surface area contributed by atoms with Gasteiger partial charge in [-0.15, -0.1) is 0 Å². The number of nitrogens with one attached hydrogen (secondary N) is 1. The molecule has 0 aromatic carbocycles. The number of likely N-dealkylation sites (tertiary alicyclic amines) is 1. The van der Waals surface area contributed by atoms with Crippen molar-refractivity contribution in [3.8, 4) is 0 Å². The second kappa shape index (κ2) is 7.40. The monoisotopic (exact) mass is 371 g/mol. The van der Waals surface area contributed by atoms with E-state index < -0.39 is 5.60 Å². The first-order valence-corrected chi connectivity index (χ1v) is 10.4. The Morgan fingerprint density at radius 3 is 2.67 bits per heavy atom. The van der Waals surface area contributed by atoms with Gasteiger partial charge in [-0.05, 0) is 51.0 Å². The highest BCUT2D eigenvalue weighted by Crippen LogP contribution is 2.42. The van der Waals surface area contributed by atoms with Crippen LogP contribution in [0, 0.1) is 11.8 Å². The van der Waals surface area contributed by atoms with E-state index in [1.807, 2.05) is 20.0 Å². The Morgan fingerprint density at radius 2 is 2.00 bits per heavy atom. The van der Waals surface area contributed by atoms with Gasteiger partial charge in [-0.1, -0.05) is 13.3 Å². The molecule has 1 saturated carbocycles. The molecule has 0 spiro atoms. The van der Waals surface area contributed by atoms with Gasteiger partial charge in [-0.2, -0.15) is 0 Å². The summed E-state index contributed by atoms with van der Waals surface area (Å²) in [7, 11) is 0. The second-order valence-corrected chi connectivity index (χ2v) is 9.14. The molecule has 6 nitrogen and oxygen atoms in total. The van der Waals surface area contributed by atoms with Crippen LogP contribution in [0.3, 0.4) is 0 Å². The Morgan fingerprint density at radius 1 is 1.26 bits per heavy atom. The Kier molecular flexibility index (Phi) is 5.12. The van der Waals surface area contributed by atoms with Crippen molar-refractivity contribution in [2.45, 2.75) is 58.1 Å². The van der Waals surface area contributed by atoms with Gasteiger partial charge in [0.2, 0.25) is 0 Å². The smallest absolute Gasteiger partial charge is 0.142 e. The van der Waals surface area contributed by atoms with E-state index in [-0.39, 0.29) is 0 Å². The first kappa shape index (κ1) is 18.7. The van der Waals surface area contributed by atoms with E-state index in [1.165, 1.54) is 25.7 Å². The first-order chi connectivity index (χ1) is 12.9. The number of aliphatic hydroxyl groups is 1. The maximum absolute atomic E-state index is 10.1. The molecule has 1 aliphatic heterocycles. The van der Waals surface area contributed by atoms with E-state index in [0.717, 1.165) is 54.9 Å². The number of nitrogens with zero attached hydrogens (tertiary/aromatic N) is 4. The number of β-amino-alcohol motifs (C(OH)–C–C–N with tert-alkyl or cyclic N) is 1. The molecule has 27 heavy (non-hydrogen) atoms. The van der Waals surface area contributed by atoms with Crippen molar-refractivity contribution in [1.82, 2.24) is 19.9 Å². The third-order valence-electron chi connectivity index (χ3n) is 6.21. The van der Waals surface area contributed by atoms with Gasteiger partial charge >= 0.3 is 0 Å². The van der Waals surface area contributed by atoms with Crippen LogP contribution in [0.1, 0.15) is 46.5 Å². The van der Waals surface area contributed by atoms with Crippen LogP contribution in [0.25, 0.3) is 11.0 Å². The van der Waals surface area contributed by atoms with Gasteiger partial charge in [0.25, 0.3) is 0 Å². The molecule has 2 aromatic heterocycles. The number of aromatic nitrogens is 3. The minimum Gasteiger partial charge on any atom is -0.389 e. The van der Waals surface area contributed by atoms with Gasteiger partial charge in [-0.3, -0.25) is 4.90 Å². The molecule has 3 heterocycles. The lowest BCUT2D eigenvalue weighted by molar-refractivity contribution is 0.0413. The molecule has 1 aliphatic carbocycles. The summed E-state index contributed by atoms with van der Waals surface area (Å²) in [6, 6.07) is 2.66. The van der Waals surface area contributed by atoms with Crippen molar-refractivity contribution in [2.24, 2.45) is 11.8 Å². The second-order valence-electron chi connectivity index (χ2n) is 9.14. The molecule has 6 heteroatoms. The van der Waals surface area contributed by atoms with Gasteiger partial charge in [0.05, 0.1) is 11.0 Å². The molecule has 2 fully saturated rings. The van der Waals surface area contributed by atoms with Crippen LogP contribution in [-0.4, -0.2) is 62.8 Å². The van der Waals surface area contributed by atoms with Crippen LogP contribution < -0.4 is 4.90 Å². The summed E-state index contributed by atoms with van der Waals surface area (Å²) < 4.78 is 0. The SMILES string of the molecule is CCCCN(c1ncnc2[nH]ccc12)C1CC2CN(CC(C)(C)O)C[C@@H]2C1. The minimum atomic E-state index is -0.605. The fourth-order valence-electron chi connectivity index (χ4n) is 5.17. The van der Waals surface area contributed by atoms with Crippen molar-refractivity contribution in [3.05, 3.63) is 18.6 Å². The van der Waals surface area contributed by atoms with Crippen molar-refractivity contribution < 1.29 is 5.11 Å². The molecule has 148 valence electrons. The van der Waals surface area contributed by atoms with Crippen molar-refractivity contribution in [3.63, 3.8) is 0 Å². The van der Waals surface area contributed by atoms with Gasteiger partial charge in [0, 0.05) is 38.4 Å². The first-order valence-electron chi connectivity index (χ1n) is 10.4. The zero-order valence-electron chi connectivity index (χ0n) is 16.9. The van der Waals surface area contributed by atoms with Gasteiger partial charge in [0.15, 0.2) is 0 Å². The van der Waals surface area contributed by atoms with Crippen LogP contribution in [0.2, 0.25) is 0 Å². The molecule has 1 saturated heterocycles. The Labute approximate surface area is 162 Å². The number of rotatable bonds is 7. The van der Waals surface area contributed by atoms with Crippen LogP contribution >= 0.6 is 0 Å². The topological polar surface area (TPSA) is 68.3 Å². The third kappa shape index (κ3) is 3.97. The molecule has 0 radical (unpaired) electrons. The number of H-pyrrole nitrogens is 1. The average Bonchev–Trinajstić information content (AvgIpc) is 3.28. The van der Waals surface area contributed by atoms with Gasteiger partial charge < -0.3 is 15.0 Å². The number of fused-ring (bicyclic) bond motifs is 2. The summed E-state index contributed by atoms with van der Waals surface area (Å²) in [6.45, 7) is 10.2. The average molecular weight is 372 g/mol. The highest BCUT2D eigenvalue weighted by Gasteiger charge is 2.43. The Hall–Kier alpha value is -1.66. The number of anilines is 1. The zero-order chi connectivity index (χ0) is 19.0. The van der Waals surface area contributed by atoms with Crippen molar-refractivity contribution in [2.75, 3.05) is 31.1 Å². The molecule has 2 aliphatic rings. The molecular formula is C21H33N5O. The molecular weight excluding hydrogens is 338 g/mol. The van der Waals surface area contributed by atoms with E-state index in [0.29, 0.717) is 6.04 Å². The summed E-state index contributed by atoms with van der Waals surface area (Å²) >= 11 is 0. The number of aromatic amines is 1. The zero-order valence-corrected chi connectivity index (χ0v) is 16.9. The molecule has 2 unspecified atom stereocenters. The fourth-order valence-corrected chi connectivity index (χ4v) is 5.17. The summed E-state index contributed by atoms with van der Waals surface area (Å²) in [5.74, 6) is 2.57. The summed E-state index contributed by atoms with van der Waals surface area (Å²) in [5, 5.41) is 11.3. The molecule has 0 bridgehead atoms. The van der Waals surface area contributed by atoms with Crippen molar-refractivity contribution >= 4 is 16.9 Å². The number of hydrogen-bond donors (Lipinski definition) is 2. The van der Waals surface area contributed by atoms with Crippen LogP contribution in [0.4, 0.5) is 5.82 Å². The standard InChI is InChI=1S/C21H33N5O/c1-4-5-8-26(20-18-6-7-22-19(18)23-14-24-20)17-9-15-11-25(12-16(15)10-17)13-21(2,3)27/h6-7,14-17,27H,4-5,8-13H2,1-3H3,(H,22,23,24)/t15-,16?,17?/m0/s1. The molecule has 2 N–H and O–H groups in total. The lowest BCUT2D eigenvalue weighted by Gasteiger charge is -2.32. The molecule has 4 rings (SSSR count). The summed E-state index contributed by atoms with van der Waals surface area (Å²) in [4.78, 5) is 17.3. The normalized spacial score (nSPS) is 26.0. The van der Waals surface area contributed by atoms with Crippen LogP contribution in [-0.2, 0) is 0 Å². The lowest BCUT2D eigenvalue weighted by atomic mass is 10.0.